The van der Waals surface area contributed by atoms with Crippen LogP contribution in [-0.4, -0.2) is 30.2 Å². The monoisotopic (exact) mass is 375 g/mol. The Kier molecular flexibility index (Phi) is 10.5. The highest BCUT2D eigenvalue weighted by atomic mass is 16.5. The number of hydrogen-bond donors (Lipinski definition) is 0. The third-order valence-corrected chi connectivity index (χ3v) is 5.52. The normalized spacial score (nSPS) is 14.2. The Balaban J connectivity index is 1.61. The lowest BCUT2D eigenvalue weighted by Gasteiger charge is -2.26. The average molecular weight is 376 g/mol. The largest absolute Gasteiger partial charge is 0.474 e. The van der Waals surface area contributed by atoms with Crippen LogP contribution in [0.2, 0.25) is 0 Å². The second-order valence-corrected chi connectivity index (χ2v) is 8.35. The minimum atomic E-state index is 0.365. The molecule has 0 spiro atoms. The fourth-order valence-corrected chi connectivity index (χ4v) is 3.48. The van der Waals surface area contributed by atoms with Crippen LogP contribution in [-0.2, 0) is 6.42 Å². The maximum atomic E-state index is 6.01. The molecular weight excluding hydrogens is 334 g/mol. The molecule has 0 aromatic carbocycles. The van der Waals surface area contributed by atoms with Gasteiger partial charge in [0, 0.05) is 25.9 Å². The van der Waals surface area contributed by atoms with Gasteiger partial charge in [0.1, 0.15) is 6.10 Å². The van der Waals surface area contributed by atoms with Gasteiger partial charge in [-0.1, -0.05) is 71.1 Å². The molecule has 27 heavy (non-hydrogen) atoms. The lowest BCUT2D eigenvalue weighted by atomic mass is 9.96. The van der Waals surface area contributed by atoms with Gasteiger partial charge in [-0.15, -0.1) is 0 Å². The van der Waals surface area contributed by atoms with Crippen LogP contribution in [0.1, 0.15) is 103 Å². The zero-order chi connectivity index (χ0) is 19.3. The molecule has 1 aromatic heterocycles. The molecule has 1 heterocycles. The summed E-state index contributed by atoms with van der Waals surface area (Å²) >= 11 is 0. The number of rotatable bonds is 15. The summed E-state index contributed by atoms with van der Waals surface area (Å²) in [4.78, 5) is 11.2. The molecule has 4 nitrogen and oxygen atoms in total. The fraction of sp³-hybridized carbons (Fsp3) is 0.826. The highest BCUT2D eigenvalue weighted by Gasteiger charge is 2.20. The number of nitrogens with zero attached hydrogens (tertiary/aromatic N) is 3. The number of aryl methyl sites for hydroxylation is 1. The molecule has 1 aliphatic carbocycles. The molecule has 4 heteroatoms. The number of anilines is 1. The van der Waals surface area contributed by atoms with Crippen molar-refractivity contribution in [1.29, 1.82) is 0 Å². The van der Waals surface area contributed by atoms with Gasteiger partial charge in [0.05, 0.1) is 0 Å². The summed E-state index contributed by atoms with van der Waals surface area (Å²) in [6.45, 7) is 2.28. The summed E-state index contributed by atoms with van der Waals surface area (Å²) in [5, 5.41) is 0. The predicted octanol–water partition coefficient (Wildman–Crippen LogP) is 6.33. The Morgan fingerprint density at radius 3 is 2.00 bits per heavy atom. The van der Waals surface area contributed by atoms with Crippen molar-refractivity contribution in [2.24, 2.45) is 0 Å². The first-order chi connectivity index (χ1) is 13.2. The lowest BCUT2D eigenvalue weighted by molar-refractivity contribution is 0.114. The highest BCUT2D eigenvalue weighted by molar-refractivity contribution is 5.32. The molecule has 154 valence electrons. The van der Waals surface area contributed by atoms with E-state index in [-0.39, 0.29) is 0 Å². The molecule has 0 N–H and O–H groups in total. The van der Waals surface area contributed by atoms with Crippen molar-refractivity contribution >= 4 is 5.95 Å². The lowest BCUT2D eigenvalue weighted by Crippen LogP contribution is -2.25. The van der Waals surface area contributed by atoms with Crippen LogP contribution < -0.4 is 9.64 Å². The molecule has 1 saturated carbocycles. The van der Waals surface area contributed by atoms with E-state index < -0.39 is 0 Å². The molecule has 1 aromatic rings. The van der Waals surface area contributed by atoms with Gasteiger partial charge in [-0.25, -0.2) is 4.98 Å². The first-order valence-corrected chi connectivity index (χ1v) is 11.4. The predicted molar refractivity (Wildman–Crippen MR) is 115 cm³/mol. The van der Waals surface area contributed by atoms with E-state index in [0.29, 0.717) is 6.10 Å². The summed E-state index contributed by atoms with van der Waals surface area (Å²) in [5.74, 6) is 1.53. The minimum absolute atomic E-state index is 0.365. The second kappa shape index (κ2) is 13.0. The Bertz CT molecular complexity index is 514. The zero-order valence-electron chi connectivity index (χ0n) is 18.0. The Morgan fingerprint density at radius 1 is 0.889 bits per heavy atom. The van der Waals surface area contributed by atoms with Crippen molar-refractivity contribution in [3.63, 3.8) is 0 Å². The van der Waals surface area contributed by atoms with Crippen molar-refractivity contribution in [1.82, 2.24) is 9.97 Å². The van der Waals surface area contributed by atoms with Gasteiger partial charge >= 0.3 is 0 Å². The van der Waals surface area contributed by atoms with E-state index in [9.17, 15) is 0 Å². The maximum absolute atomic E-state index is 6.01. The van der Waals surface area contributed by atoms with Crippen molar-refractivity contribution in [2.75, 3.05) is 19.0 Å². The number of ether oxygens (including phenoxy) is 1. The molecule has 0 unspecified atom stereocenters. The van der Waals surface area contributed by atoms with Gasteiger partial charge in [-0.05, 0) is 32.1 Å². The van der Waals surface area contributed by atoms with Crippen LogP contribution in [0, 0.1) is 0 Å². The van der Waals surface area contributed by atoms with Crippen LogP contribution in [0.25, 0.3) is 0 Å². The van der Waals surface area contributed by atoms with E-state index in [1.807, 2.05) is 19.0 Å². The average Bonchev–Trinajstić information content (AvgIpc) is 2.62. The van der Waals surface area contributed by atoms with Crippen molar-refractivity contribution in [2.45, 2.75) is 109 Å². The van der Waals surface area contributed by atoms with Crippen LogP contribution in [0.4, 0.5) is 5.95 Å². The minimum Gasteiger partial charge on any atom is -0.474 e. The van der Waals surface area contributed by atoms with Gasteiger partial charge < -0.3 is 9.64 Å². The van der Waals surface area contributed by atoms with Gasteiger partial charge in [-0.2, -0.15) is 4.98 Å². The number of aromatic nitrogens is 2. The molecule has 1 fully saturated rings. The molecular formula is C23H41N3O. The van der Waals surface area contributed by atoms with Crippen molar-refractivity contribution in [3.8, 4) is 5.88 Å². The fourth-order valence-electron chi connectivity index (χ4n) is 3.48. The summed E-state index contributed by atoms with van der Waals surface area (Å²) in [7, 11) is 3.99. The Morgan fingerprint density at radius 2 is 1.48 bits per heavy atom. The van der Waals surface area contributed by atoms with Crippen molar-refractivity contribution < 1.29 is 4.74 Å². The van der Waals surface area contributed by atoms with Gasteiger partial charge in [0.25, 0.3) is 0 Å². The molecule has 0 bridgehead atoms. The molecule has 0 atom stereocenters. The highest BCUT2D eigenvalue weighted by Crippen LogP contribution is 2.25. The smallest absolute Gasteiger partial charge is 0.228 e. The van der Waals surface area contributed by atoms with Crippen molar-refractivity contribution in [3.05, 3.63) is 11.8 Å². The molecule has 0 radical (unpaired) electrons. The van der Waals surface area contributed by atoms with Gasteiger partial charge in [0.2, 0.25) is 11.8 Å². The first kappa shape index (κ1) is 22.0. The number of hydrogen-bond acceptors (Lipinski definition) is 4. The summed E-state index contributed by atoms with van der Waals surface area (Å²) < 4.78 is 6.01. The van der Waals surface area contributed by atoms with E-state index in [1.54, 1.807) is 0 Å². The first-order valence-electron chi connectivity index (χ1n) is 11.4. The third-order valence-electron chi connectivity index (χ3n) is 5.52. The SMILES string of the molecule is CCCCCCCCCCCCCc1cc(OC2CCC2)nc(N(C)C)n1. The van der Waals surface area contributed by atoms with Crippen LogP contribution in [0.15, 0.2) is 6.07 Å². The van der Waals surface area contributed by atoms with E-state index in [1.165, 1.54) is 77.0 Å². The van der Waals surface area contributed by atoms with Crippen LogP contribution in [0.3, 0.4) is 0 Å². The molecule has 0 amide bonds. The van der Waals surface area contributed by atoms with E-state index in [4.69, 9.17) is 9.72 Å². The van der Waals surface area contributed by atoms with E-state index >= 15 is 0 Å². The topological polar surface area (TPSA) is 38.2 Å². The standard InChI is InChI=1S/C23H41N3O/c1-4-5-6-7-8-9-10-11-12-13-14-16-20-19-22(27-21-17-15-18-21)25-23(24-20)26(2)3/h19,21H,4-18H2,1-3H3. The summed E-state index contributed by atoms with van der Waals surface area (Å²) in [5.41, 5.74) is 1.12. The number of unbranched alkanes of at least 4 members (excludes halogenated alkanes) is 10. The van der Waals surface area contributed by atoms with Crippen LogP contribution in [0.5, 0.6) is 5.88 Å². The Labute approximate surface area is 167 Å². The van der Waals surface area contributed by atoms with E-state index in [0.717, 1.165) is 36.8 Å². The summed E-state index contributed by atoms with van der Waals surface area (Å²) in [6.07, 6.45) is 20.1. The quantitative estimate of drug-likeness (QED) is 0.336. The molecule has 0 saturated heterocycles. The van der Waals surface area contributed by atoms with E-state index in [2.05, 4.69) is 18.0 Å². The maximum Gasteiger partial charge on any atom is 0.228 e. The molecule has 1 aliphatic rings. The molecule has 2 rings (SSSR count). The van der Waals surface area contributed by atoms with Gasteiger partial charge in [0.15, 0.2) is 0 Å². The van der Waals surface area contributed by atoms with Crippen LogP contribution >= 0.6 is 0 Å². The third kappa shape index (κ3) is 8.94. The summed E-state index contributed by atoms with van der Waals surface area (Å²) in [6, 6.07) is 2.06. The Hall–Kier alpha value is -1.32. The molecule has 0 aliphatic heterocycles. The second-order valence-electron chi connectivity index (χ2n) is 8.35. The zero-order valence-corrected chi connectivity index (χ0v) is 18.0. The van der Waals surface area contributed by atoms with Gasteiger partial charge in [-0.3, -0.25) is 0 Å².